The van der Waals surface area contributed by atoms with Crippen LogP contribution in [0.3, 0.4) is 0 Å². The molecule has 0 spiro atoms. The van der Waals surface area contributed by atoms with E-state index in [9.17, 15) is 10.1 Å². The summed E-state index contributed by atoms with van der Waals surface area (Å²) >= 11 is 0. The molecule has 0 N–H and O–H groups in total. The summed E-state index contributed by atoms with van der Waals surface area (Å²) in [4.78, 5) is 14.9. The van der Waals surface area contributed by atoms with Gasteiger partial charge < -0.3 is 0 Å². The standard InChI is InChI=1S/C18H18N4O2/c1-18(2)15-6-4-5-7-16(15)20-17(18)12-19-21(3)13-8-10-14(11-9-13)22(23)24/h4-12H,1-3H3. The predicted molar refractivity (Wildman–Crippen MR) is 96.6 cm³/mol. The molecule has 0 radical (unpaired) electrons. The summed E-state index contributed by atoms with van der Waals surface area (Å²) in [5.41, 5.74) is 3.68. The van der Waals surface area contributed by atoms with Gasteiger partial charge in [0.1, 0.15) is 0 Å². The third-order valence-electron chi connectivity index (χ3n) is 4.25. The molecular weight excluding hydrogens is 304 g/mol. The number of hydrogen-bond donors (Lipinski definition) is 0. The lowest BCUT2D eigenvalue weighted by molar-refractivity contribution is -0.384. The summed E-state index contributed by atoms with van der Waals surface area (Å²) < 4.78 is 0. The number of nitro groups is 1. The SMILES string of the molecule is CN(N=CC1=Nc2ccccc2C1(C)C)c1ccc([N+](=O)[O-])cc1. The van der Waals surface area contributed by atoms with E-state index in [4.69, 9.17) is 0 Å². The van der Waals surface area contributed by atoms with Crippen molar-refractivity contribution in [2.45, 2.75) is 19.3 Å². The fourth-order valence-electron chi connectivity index (χ4n) is 2.70. The van der Waals surface area contributed by atoms with Crippen LogP contribution in [0.5, 0.6) is 0 Å². The Morgan fingerprint density at radius 2 is 1.83 bits per heavy atom. The van der Waals surface area contributed by atoms with Gasteiger partial charge in [-0.05, 0) is 23.8 Å². The number of nitro benzene ring substituents is 1. The highest BCUT2D eigenvalue weighted by Gasteiger charge is 2.33. The van der Waals surface area contributed by atoms with Crippen molar-refractivity contribution in [1.82, 2.24) is 0 Å². The van der Waals surface area contributed by atoms with Gasteiger partial charge in [-0.3, -0.25) is 20.1 Å². The van der Waals surface area contributed by atoms with Crippen molar-refractivity contribution in [2.24, 2.45) is 10.1 Å². The molecule has 0 saturated heterocycles. The highest BCUT2D eigenvalue weighted by atomic mass is 16.6. The van der Waals surface area contributed by atoms with E-state index in [2.05, 4.69) is 30.0 Å². The maximum absolute atomic E-state index is 10.7. The average Bonchev–Trinajstić information content (AvgIpc) is 2.83. The van der Waals surface area contributed by atoms with Crippen molar-refractivity contribution >= 4 is 29.0 Å². The molecule has 2 aromatic carbocycles. The van der Waals surface area contributed by atoms with Crippen LogP contribution in [0.4, 0.5) is 17.1 Å². The van der Waals surface area contributed by atoms with Crippen LogP contribution in [0.2, 0.25) is 0 Å². The maximum Gasteiger partial charge on any atom is 0.269 e. The van der Waals surface area contributed by atoms with Gasteiger partial charge in [-0.2, -0.15) is 5.10 Å². The third-order valence-corrected chi connectivity index (χ3v) is 4.25. The number of hydrazone groups is 1. The smallest absolute Gasteiger partial charge is 0.269 e. The van der Waals surface area contributed by atoms with E-state index < -0.39 is 4.92 Å². The van der Waals surface area contributed by atoms with Crippen molar-refractivity contribution in [3.05, 3.63) is 64.2 Å². The van der Waals surface area contributed by atoms with E-state index in [1.54, 1.807) is 30.4 Å². The molecule has 1 heterocycles. The van der Waals surface area contributed by atoms with E-state index in [0.29, 0.717) is 0 Å². The molecule has 0 amide bonds. The summed E-state index contributed by atoms with van der Waals surface area (Å²) in [5, 5.41) is 16.8. The van der Waals surface area contributed by atoms with Gasteiger partial charge in [-0.15, -0.1) is 0 Å². The minimum Gasteiger partial charge on any atom is -0.269 e. The highest BCUT2D eigenvalue weighted by molar-refractivity contribution is 6.36. The number of hydrogen-bond acceptors (Lipinski definition) is 5. The predicted octanol–water partition coefficient (Wildman–Crippen LogP) is 4.08. The lowest BCUT2D eigenvalue weighted by Crippen LogP contribution is -2.27. The second-order valence-corrected chi connectivity index (χ2v) is 6.18. The molecular formula is C18H18N4O2. The molecule has 0 fully saturated rings. The number of para-hydroxylation sites is 1. The van der Waals surface area contributed by atoms with Gasteiger partial charge in [-0.25, -0.2) is 0 Å². The van der Waals surface area contributed by atoms with Crippen LogP contribution in [0.1, 0.15) is 19.4 Å². The van der Waals surface area contributed by atoms with Crippen LogP contribution in [0.25, 0.3) is 0 Å². The van der Waals surface area contributed by atoms with Gasteiger partial charge in [0, 0.05) is 24.6 Å². The van der Waals surface area contributed by atoms with Crippen LogP contribution in [-0.4, -0.2) is 23.9 Å². The molecule has 0 unspecified atom stereocenters. The van der Waals surface area contributed by atoms with Gasteiger partial charge in [0.05, 0.1) is 28.2 Å². The summed E-state index contributed by atoms with van der Waals surface area (Å²) in [7, 11) is 1.80. The van der Waals surface area contributed by atoms with E-state index in [1.807, 2.05) is 18.2 Å². The first-order valence-electron chi connectivity index (χ1n) is 7.60. The molecule has 1 aliphatic rings. The Balaban J connectivity index is 1.80. The van der Waals surface area contributed by atoms with Crippen molar-refractivity contribution in [3.63, 3.8) is 0 Å². The zero-order valence-corrected chi connectivity index (χ0v) is 13.8. The zero-order chi connectivity index (χ0) is 17.3. The zero-order valence-electron chi connectivity index (χ0n) is 13.8. The molecule has 24 heavy (non-hydrogen) atoms. The number of nitrogens with zero attached hydrogens (tertiary/aromatic N) is 4. The Bertz CT molecular complexity index is 838. The van der Waals surface area contributed by atoms with E-state index >= 15 is 0 Å². The number of benzene rings is 2. The van der Waals surface area contributed by atoms with Crippen LogP contribution >= 0.6 is 0 Å². The lowest BCUT2D eigenvalue weighted by atomic mass is 9.82. The average molecular weight is 322 g/mol. The van der Waals surface area contributed by atoms with E-state index in [0.717, 1.165) is 17.1 Å². The normalized spacial score (nSPS) is 15.2. The molecule has 0 aromatic heterocycles. The molecule has 0 aliphatic carbocycles. The molecule has 1 aliphatic heterocycles. The molecule has 2 aromatic rings. The Kier molecular flexibility index (Phi) is 3.89. The van der Waals surface area contributed by atoms with Crippen molar-refractivity contribution in [2.75, 3.05) is 12.1 Å². The van der Waals surface area contributed by atoms with Gasteiger partial charge in [-0.1, -0.05) is 32.0 Å². The molecule has 122 valence electrons. The Morgan fingerprint density at radius 3 is 2.46 bits per heavy atom. The number of non-ortho nitro benzene ring substituents is 1. The fraction of sp³-hybridized carbons (Fsp3) is 0.222. The quantitative estimate of drug-likeness (QED) is 0.484. The van der Waals surface area contributed by atoms with E-state index in [-0.39, 0.29) is 11.1 Å². The molecule has 3 rings (SSSR count). The first kappa shape index (κ1) is 15.9. The second-order valence-electron chi connectivity index (χ2n) is 6.18. The number of anilines is 1. The summed E-state index contributed by atoms with van der Waals surface area (Å²) in [5.74, 6) is 0. The van der Waals surface area contributed by atoms with Crippen molar-refractivity contribution in [1.29, 1.82) is 0 Å². The summed E-state index contributed by atoms with van der Waals surface area (Å²) in [6.45, 7) is 4.24. The topological polar surface area (TPSA) is 71.1 Å². The Morgan fingerprint density at radius 1 is 1.17 bits per heavy atom. The van der Waals surface area contributed by atoms with E-state index in [1.165, 1.54) is 17.7 Å². The van der Waals surface area contributed by atoms with Crippen molar-refractivity contribution in [3.8, 4) is 0 Å². The van der Waals surface area contributed by atoms with Gasteiger partial charge in [0.25, 0.3) is 5.69 Å². The number of rotatable bonds is 4. The van der Waals surface area contributed by atoms with Crippen LogP contribution in [-0.2, 0) is 5.41 Å². The van der Waals surface area contributed by atoms with Crippen molar-refractivity contribution < 1.29 is 4.92 Å². The first-order valence-corrected chi connectivity index (χ1v) is 7.60. The minimum atomic E-state index is -0.417. The van der Waals surface area contributed by atoms with Gasteiger partial charge in [0.2, 0.25) is 0 Å². The largest absolute Gasteiger partial charge is 0.269 e. The fourth-order valence-corrected chi connectivity index (χ4v) is 2.70. The van der Waals surface area contributed by atoms with Crippen LogP contribution in [0, 0.1) is 10.1 Å². The lowest BCUT2D eigenvalue weighted by Gasteiger charge is -2.20. The molecule has 0 bridgehead atoms. The van der Waals surface area contributed by atoms with Crippen LogP contribution in [0.15, 0.2) is 58.6 Å². The molecule has 6 heteroatoms. The second kappa shape index (κ2) is 5.88. The van der Waals surface area contributed by atoms with Gasteiger partial charge in [0.15, 0.2) is 0 Å². The molecule has 6 nitrogen and oxygen atoms in total. The monoisotopic (exact) mass is 322 g/mol. The first-order chi connectivity index (χ1) is 11.4. The highest BCUT2D eigenvalue weighted by Crippen LogP contribution is 2.39. The molecule has 0 atom stereocenters. The minimum absolute atomic E-state index is 0.0629. The third kappa shape index (κ3) is 2.78. The molecule has 0 saturated carbocycles. The Labute approximate surface area is 140 Å². The number of fused-ring (bicyclic) bond motifs is 1. The Hall–Kier alpha value is -3.02. The summed E-state index contributed by atoms with van der Waals surface area (Å²) in [6.07, 6.45) is 1.75. The van der Waals surface area contributed by atoms with Gasteiger partial charge >= 0.3 is 0 Å². The maximum atomic E-state index is 10.7. The van der Waals surface area contributed by atoms with Crippen LogP contribution < -0.4 is 5.01 Å². The number of aliphatic imine (C=N–C) groups is 1. The summed E-state index contributed by atoms with van der Waals surface area (Å²) in [6, 6.07) is 14.3.